The van der Waals surface area contributed by atoms with Crippen molar-refractivity contribution >= 4 is 32.6 Å². The molecule has 1 aliphatic heterocycles. The molecule has 0 unspecified atom stereocenters. The molecule has 0 aliphatic carbocycles. The average Bonchev–Trinajstić information content (AvgIpc) is 2.96. The summed E-state index contributed by atoms with van der Waals surface area (Å²) in [6.07, 6.45) is 1.02. The Balaban J connectivity index is 2.32. The summed E-state index contributed by atoms with van der Waals surface area (Å²) < 4.78 is 21.2. The molecule has 1 fully saturated rings. The number of ether oxygens (including phenoxy) is 1. The zero-order valence-corrected chi connectivity index (χ0v) is 24.2. The number of aromatic nitrogens is 2. The van der Waals surface area contributed by atoms with Gasteiger partial charge in [-0.1, -0.05) is 41.5 Å². The van der Waals surface area contributed by atoms with Gasteiger partial charge in [-0.25, -0.2) is 4.79 Å². The van der Waals surface area contributed by atoms with Gasteiger partial charge in [0.05, 0.1) is 17.2 Å². The van der Waals surface area contributed by atoms with Gasteiger partial charge in [-0.05, 0) is 52.2 Å². The van der Waals surface area contributed by atoms with Crippen molar-refractivity contribution in [3.63, 3.8) is 0 Å². The molecule has 0 saturated carbocycles. The number of rotatable bonds is 6. The Kier molecular flexibility index (Phi) is 7.77. The lowest BCUT2D eigenvalue weighted by Crippen LogP contribution is -2.48. The Labute approximate surface area is 196 Å². The van der Waals surface area contributed by atoms with Crippen LogP contribution in [0.4, 0.5) is 0 Å². The normalized spacial score (nSPS) is 23.4. The minimum absolute atomic E-state index is 0.0494. The van der Waals surface area contributed by atoms with E-state index in [1.54, 1.807) is 0 Å². The predicted octanol–water partition coefficient (Wildman–Crippen LogP) is 5.00. The third-order valence-corrected chi connectivity index (χ3v) is 16.7. The number of hydrogen-bond acceptors (Lipinski definition) is 5. The van der Waals surface area contributed by atoms with E-state index in [1.165, 1.54) is 10.8 Å². The molecule has 1 aliphatic rings. The van der Waals surface area contributed by atoms with Gasteiger partial charge in [0, 0.05) is 12.6 Å². The molecule has 2 heterocycles. The van der Waals surface area contributed by atoms with Gasteiger partial charge in [0.1, 0.15) is 12.3 Å². The van der Waals surface area contributed by atoms with Gasteiger partial charge in [-0.15, -0.1) is 0 Å². The zero-order valence-electron chi connectivity index (χ0n) is 20.6. The number of H-pyrrole nitrogens is 1. The van der Waals surface area contributed by atoms with Crippen LogP contribution in [-0.2, 0) is 13.6 Å². The Morgan fingerprint density at radius 3 is 2.16 bits per heavy atom. The molecular formula is C21H39BrN2O5Si2. The lowest BCUT2D eigenvalue weighted by molar-refractivity contribution is -0.0413. The molecule has 0 bridgehead atoms. The van der Waals surface area contributed by atoms with Crippen LogP contribution < -0.4 is 11.2 Å². The first-order chi connectivity index (χ1) is 13.9. The number of hydrogen-bond donors (Lipinski definition) is 1. The summed E-state index contributed by atoms with van der Waals surface area (Å²) in [7, 11) is -4.04. The molecule has 0 radical (unpaired) electrons. The Morgan fingerprint density at radius 2 is 1.65 bits per heavy atom. The van der Waals surface area contributed by atoms with Crippen molar-refractivity contribution in [2.75, 3.05) is 6.61 Å². The first kappa shape index (κ1) is 26.7. The zero-order chi connectivity index (χ0) is 24.0. The van der Waals surface area contributed by atoms with Gasteiger partial charge >= 0.3 is 5.69 Å². The smallest absolute Gasteiger partial charge is 0.330 e. The minimum atomic E-state index is -2.07. The van der Waals surface area contributed by atoms with E-state index in [0.717, 1.165) is 0 Å². The third kappa shape index (κ3) is 6.08. The molecule has 2 rings (SSSR count). The monoisotopic (exact) mass is 534 g/mol. The van der Waals surface area contributed by atoms with Crippen molar-refractivity contribution in [3.8, 4) is 0 Å². The predicted molar refractivity (Wildman–Crippen MR) is 133 cm³/mol. The van der Waals surface area contributed by atoms with Gasteiger partial charge in [0.2, 0.25) is 0 Å². The summed E-state index contributed by atoms with van der Waals surface area (Å²) in [5.41, 5.74) is -0.943. The van der Waals surface area contributed by atoms with Crippen molar-refractivity contribution < 1.29 is 13.6 Å². The van der Waals surface area contributed by atoms with Gasteiger partial charge in [0.25, 0.3) is 5.56 Å². The van der Waals surface area contributed by atoms with Crippen LogP contribution in [0.25, 0.3) is 0 Å². The summed E-state index contributed by atoms with van der Waals surface area (Å²) >= 11 is 3.21. The lowest BCUT2D eigenvalue weighted by atomic mass is 10.2. The van der Waals surface area contributed by atoms with Crippen LogP contribution in [0.5, 0.6) is 0 Å². The second-order valence-electron chi connectivity index (χ2n) is 11.5. The van der Waals surface area contributed by atoms with E-state index in [4.69, 9.17) is 13.6 Å². The maximum Gasteiger partial charge on any atom is 0.330 e. The highest BCUT2D eigenvalue weighted by Gasteiger charge is 2.46. The molecule has 178 valence electrons. The van der Waals surface area contributed by atoms with E-state index in [9.17, 15) is 9.59 Å². The highest BCUT2D eigenvalue weighted by Crippen LogP contribution is 2.42. The van der Waals surface area contributed by atoms with Crippen LogP contribution in [0.15, 0.2) is 20.3 Å². The first-order valence-corrected chi connectivity index (χ1v) is 17.4. The number of aromatic amines is 1. The van der Waals surface area contributed by atoms with Gasteiger partial charge in [-0.2, -0.15) is 0 Å². The van der Waals surface area contributed by atoms with Crippen molar-refractivity contribution in [2.45, 2.75) is 103 Å². The van der Waals surface area contributed by atoms with Crippen molar-refractivity contribution in [2.24, 2.45) is 0 Å². The maximum atomic E-state index is 12.4. The topological polar surface area (TPSA) is 82.5 Å². The molecular weight excluding hydrogens is 496 g/mol. The van der Waals surface area contributed by atoms with Crippen LogP contribution in [-0.4, -0.2) is 45.0 Å². The summed E-state index contributed by atoms with van der Waals surface area (Å²) in [6, 6.07) is 0. The lowest BCUT2D eigenvalue weighted by Gasteiger charge is -2.40. The molecule has 31 heavy (non-hydrogen) atoms. The van der Waals surface area contributed by atoms with Crippen LogP contribution in [0.1, 0.15) is 54.2 Å². The second kappa shape index (κ2) is 9.02. The van der Waals surface area contributed by atoms with Crippen LogP contribution >= 0.6 is 15.9 Å². The number of nitrogens with one attached hydrogen (secondary N) is 1. The minimum Gasteiger partial charge on any atom is -0.414 e. The molecule has 3 atom stereocenters. The van der Waals surface area contributed by atoms with Crippen LogP contribution in [0, 0.1) is 0 Å². The van der Waals surface area contributed by atoms with Crippen molar-refractivity contribution in [1.29, 1.82) is 0 Å². The molecule has 0 spiro atoms. The van der Waals surface area contributed by atoms with Crippen molar-refractivity contribution in [1.82, 2.24) is 9.55 Å². The molecule has 10 heteroatoms. The van der Waals surface area contributed by atoms with Gasteiger partial charge in [0.15, 0.2) is 16.6 Å². The van der Waals surface area contributed by atoms with E-state index in [1.807, 2.05) is 0 Å². The summed E-state index contributed by atoms with van der Waals surface area (Å²) in [6.45, 7) is 22.5. The summed E-state index contributed by atoms with van der Waals surface area (Å²) in [5.74, 6) is 0. The molecule has 7 nitrogen and oxygen atoms in total. The SMILES string of the molecule is CC(C)(C)[Si](C)(C)OC[C@H]1O[C@@H](n2cc(Br)c(=O)[nH]c2=O)C[C@H]1O[Si](C)(C)C(C)(C)C. The van der Waals surface area contributed by atoms with Crippen molar-refractivity contribution in [3.05, 3.63) is 31.5 Å². The van der Waals surface area contributed by atoms with E-state index in [-0.39, 0.29) is 22.3 Å². The molecule has 1 N–H and O–H groups in total. The highest BCUT2D eigenvalue weighted by atomic mass is 79.9. The van der Waals surface area contributed by atoms with Gasteiger partial charge < -0.3 is 13.6 Å². The molecule has 0 aromatic carbocycles. The third-order valence-electron chi connectivity index (χ3n) is 7.08. The largest absolute Gasteiger partial charge is 0.414 e. The Morgan fingerprint density at radius 1 is 1.10 bits per heavy atom. The fraction of sp³-hybridized carbons (Fsp3) is 0.810. The Hall–Kier alpha value is -0.526. The number of nitrogens with zero attached hydrogens (tertiary/aromatic N) is 1. The molecule has 0 amide bonds. The average molecular weight is 536 g/mol. The second-order valence-corrected chi connectivity index (χ2v) is 21.9. The fourth-order valence-corrected chi connectivity index (χ4v) is 5.57. The fourth-order valence-electron chi connectivity index (χ4n) is 2.88. The van der Waals surface area contributed by atoms with Crippen LogP contribution in [0.3, 0.4) is 0 Å². The first-order valence-electron chi connectivity index (χ1n) is 10.8. The molecule has 1 aromatic rings. The number of halogens is 1. The van der Waals surface area contributed by atoms with Crippen LogP contribution in [0.2, 0.25) is 36.3 Å². The van der Waals surface area contributed by atoms with E-state index >= 15 is 0 Å². The van der Waals surface area contributed by atoms with E-state index in [2.05, 4.69) is 88.6 Å². The standard InChI is InChI=1S/C21H39BrN2O5Si2/c1-20(2,3)30(7,8)27-13-16-15(29-31(9,10)21(4,5)6)11-17(28-16)24-12-14(22)18(25)23-19(24)26/h12,15-17H,11,13H2,1-10H3,(H,23,25,26)/t15-,16-,17-/m1/s1. The van der Waals surface area contributed by atoms with Gasteiger partial charge in [-0.3, -0.25) is 14.3 Å². The molecule has 1 saturated heterocycles. The molecule has 1 aromatic heterocycles. The maximum absolute atomic E-state index is 12.4. The highest BCUT2D eigenvalue weighted by molar-refractivity contribution is 9.10. The Bertz CT molecular complexity index is 899. The summed E-state index contributed by atoms with van der Waals surface area (Å²) in [4.78, 5) is 26.5. The van der Waals surface area contributed by atoms with E-state index in [0.29, 0.717) is 17.5 Å². The summed E-state index contributed by atoms with van der Waals surface area (Å²) in [5, 5.41) is 0.134. The van der Waals surface area contributed by atoms with E-state index < -0.39 is 34.1 Å². The quantitative estimate of drug-likeness (QED) is 0.519.